The third kappa shape index (κ3) is 2.83. The maximum Gasteiger partial charge on any atom is 0.248 e. The summed E-state index contributed by atoms with van der Waals surface area (Å²) < 4.78 is 5.11. The predicted octanol–water partition coefficient (Wildman–Crippen LogP) is 0.927. The van der Waals surface area contributed by atoms with Gasteiger partial charge in [-0.05, 0) is 27.2 Å². The maximum atomic E-state index is 12.4. The van der Waals surface area contributed by atoms with Gasteiger partial charge in [-0.3, -0.25) is 9.59 Å². The van der Waals surface area contributed by atoms with Gasteiger partial charge in [-0.25, -0.2) is 0 Å². The largest absolute Gasteiger partial charge is 0.383 e. The van der Waals surface area contributed by atoms with Crippen LogP contribution in [0, 0.1) is 0 Å². The van der Waals surface area contributed by atoms with Crippen molar-refractivity contribution in [3.05, 3.63) is 0 Å². The van der Waals surface area contributed by atoms with E-state index in [0.717, 1.165) is 6.42 Å². The average molecular weight is 256 g/mol. The second kappa shape index (κ2) is 5.69. The summed E-state index contributed by atoms with van der Waals surface area (Å²) >= 11 is 0. The van der Waals surface area contributed by atoms with Crippen LogP contribution in [0.5, 0.6) is 0 Å². The van der Waals surface area contributed by atoms with E-state index < -0.39 is 5.54 Å². The van der Waals surface area contributed by atoms with Crippen molar-refractivity contribution in [2.75, 3.05) is 13.7 Å². The molecule has 1 N–H and O–H groups in total. The predicted molar refractivity (Wildman–Crippen MR) is 69.1 cm³/mol. The van der Waals surface area contributed by atoms with Crippen LogP contribution in [0.15, 0.2) is 0 Å². The molecule has 2 amide bonds. The van der Waals surface area contributed by atoms with Crippen molar-refractivity contribution >= 4 is 11.8 Å². The summed E-state index contributed by atoms with van der Waals surface area (Å²) in [5.74, 6) is -0.102. The number of nitrogens with zero attached hydrogens (tertiary/aromatic N) is 1. The number of amides is 2. The van der Waals surface area contributed by atoms with Gasteiger partial charge >= 0.3 is 0 Å². The lowest BCUT2D eigenvalue weighted by Gasteiger charge is -2.45. The lowest BCUT2D eigenvalue weighted by atomic mass is 9.93. The van der Waals surface area contributed by atoms with Crippen molar-refractivity contribution in [1.29, 1.82) is 0 Å². The van der Waals surface area contributed by atoms with Crippen LogP contribution in [-0.2, 0) is 14.3 Å². The molecule has 0 bridgehead atoms. The van der Waals surface area contributed by atoms with E-state index in [1.165, 1.54) is 0 Å². The van der Waals surface area contributed by atoms with E-state index in [1.807, 2.05) is 13.8 Å². The fourth-order valence-electron chi connectivity index (χ4n) is 2.41. The number of hydrogen-bond donors (Lipinski definition) is 1. The van der Waals surface area contributed by atoms with Crippen LogP contribution in [-0.4, -0.2) is 48.1 Å². The molecule has 1 heterocycles. The first-order valence-electron chi connectivity index (χ1n) is 6.48. The van der Waals surface area contributed by atoms with Crippen molar-refractivity contribution in [2.45, 2.75) is 58.2 Å². The normalized spacial score (nSPS) is 24.9. The van der Waals surface area contributed by atoms with Gasteiger partial charge in [-0.2, -0.15) is 0 Å². The highest BCUT2D eigenvalue weighted by molar-refractivity contribution is 5.99. The lowest BCUT2D eigenvalue weighted by Crippen LogP contribution is -2.70. The Balaban J connectivity index is 3.01. The van der Waals surface area contributed by atoms with Gasteiger partial charge in [-0.15, -0.1) is 0 Å². The van der Waals surface area contributed by atoms with Crippen molar-refractivity contribution in [3.63, 3.8) is 0 Å². The van der Waals surface area contributed by atoms with Gasteiger partial charge in [0.05, 0.1) is 12.6 Å². The number of nitrogens with one attached hydrogen (secondary N) is 1. The standard InChI is InChI=1S/C13H24N2O3/c1-6-7-10-11(16)14-13(3,4)12(17)15(10)9(2)8-18-5/h9-10H,6-8H2,1-5H3,(H,14,16). The van der Waals surface area contributed by atoms with Crippen molar-refractivity contribution in [3.8, 4) is 0 Å². The highest BCUT2D eigenvalue weighted by Gasteiger charge is 2.46. The Bertz CT molecular complexity index is 328. The Morgan fingerprint density at radius 1 is 1.44 bits per heavy atom. The number of carbonyl (C=O) groups excluding carboxylic acids is 2. The third-order valence-electron chi connectivity index (χ3n) is 3.29. The van der Waals surface area contributed by atoms with Gasteiger partial charge in [0.15, 0.2) is 0 Å². The molecule has 2 atom stereocenters. The fraction of sp³-hybridized carbons (Fsp3) is 0.846. The van der Waals surface area contributed by atoms with Gasteiger partial charge in [0.2, 0.25) is 11.8 Å². The lowest BCUT2D eigenvalue weighted by molar-refractivity contribution is -0.157. The maximum absolute atomic E-state index is 12.4. The van der Waals surface area contributed by atoms with Gasteiger partial charge in [0.1, 0.15) is 11.6 Å². The Labute approximate surface area is 109 Å². The zero-order valence-electron chi connectivity index (χ0n) is 11.9. The average Bonchev–Trinajstić information content (AvgIpc) is 2.26. The summed E-state index contributed by atoms with van der Waals surface area (Å²) in [7, 11) is 1.60. The molecule has 5 nitrogen and oxygen atoms in total. The molecule has 1 aliphatic rings. The molecule has 1 fully saturated rings. The molecule has 18 heavy (non-hydrogen) atoms. The molecular formula is C13H24N2O3. The SMILES string of the molecule is CCCC1C(=O)NC(C)(C)C(=O)N1C(C)COC. The van der Waals surface area contributed by atoms with Crippen LogP contribution in [0.2, 0.25) is 0 Å². The first-order chi connectivity index (χ1) is 8.35. The molecule has 2 unspecified atom stereocenters. The van der Waals surface area contributed by atoms with Crippen LogP contribution in [0.1, 0.15) is 40.5 Å². The highest BCUT2D eigenvalue weighted by atomic mass is 16.5. The smallest absolute Gasteiger partial charge is 0.248 e. The minimum Gasteiger partial charge on any atom is -0.383 e. The van der Waals surface area contributed by atoms with E-state index >= 15 is 0 Å². The summed E-state index contributed by atoms with van der Waals surface area (Å²) in [5, 5.41) is 2.80. The van der Waals surface area contributed by atoms with Crippen LogP contribution in [0.3, 0.4) is 0 Å². The van der Waals surface area contributed by atoms with E-state index in [-0.39, 0.29) is 23.9 Å². The van der Waals surface area contributed by atoms with E-state index in [4.69, 9.17) is 4.74 Å². The quantitative estimate of drug-likeness (QED) is 0.796. The molecule has 104 valence electrons. The molecule has 0 aromatic heterocycles. The molecular weight excluding hydrogens is 232 g/mol. The second-order valence-electron chi connectivity index (χ2n) is 5.44. The number of methoxy groups -OCH3 is 1. The van der Waals surface area contributed by atoms with Gasteiger partial charge < -0.3 is 15.0 Å². The topological polar surface area (TPSA) is 58.6 Å². The molecule has 1 aliphatic heterocycles. The van der Waals surface area contributed by atoms with Crippen molar-refractivity contribution in [2.24, 2.45) is 0 Å². The molecule has 1 saturated heterocycles. The third-order valence-corrected chi connectivity index (χ3v) is 3.29. The summed E-state index contributed by atoms with van der Waals surface area (Å²) in [4.78, 5) is 26.3. The molecule has 0 aliphatic carbocycles. The molecule has 0 aromatic rings. The molecule has 0 saturated carbocycles. The number of piperazine rings is 1. The fourth-order valence-corrected chi connectivity index (χ4v) is 2.41. The monoisotopic (exact) mass is 256 g/mol. The van der Waals surface area contributed by atoms with E-state index in [0.29, 0.717) is 13.0 Å². The van der Waals surface area contributed by atoms with Gasteiger partial charge in [-0.1, -0.05) is 13.3 Å². The number of ether oxygens (including phenoxy) is 1. The zero-order chi connectivity index (χ0) is 13.9. The summed E-state index contributed by atoms with van der Waals surface area (Å²) in [6.07, 6.45) is 1.55. The molecule has 0 aromatic carbocycles. The Hall–Kier alpha value is -1.10. The number of carbonyl (C=O) groups is 2. The Kier molecular flexibility index (Phi) is 4.73. The zero-order valence-corrected chi connectivity index (χ0v) is 11.9. The van der Waals surface area contributed by atoms with Gasteiger partial charge in [0, 0.05) is 7.11 Å². The summed E-state index contributed by atoms with van der Waals surface area (Å²) in [6.45, 7) is 7.84. The molecule has 1 rings (SSSR count). The van der Waals surface area contributed by atoms with Gasteiger partial charge in [0.25, 0.3) is 0 Å². The summed E-state index contributed by atoms with van der Waals surface area (Å²) in [6, 6.07) is -0.468. The van der Waals surface area contributed by atoms with E-state index in [2.05, 4.69) is 5.32 Å². The minimum absolute atomic E-state index is 0.0369. The number of hydrogen-bond acceptors (Lipinski definition) is 3. The van der Waals surface area contributed by atoms with Crippen LogP contribution in [0.4, 0.5) is 0 Å². The van der Waals surface area contributed by atoms with Crippen LogP contribution < -0.4 is 5.32 Å². The second-order valence-corrected chi connectivity index (χ2v) is 5.44. The van der Waals surface area contributed by atoms with E-state index in [9.17, 15) is 9.59 Å². The minimum atomic E-state index is -0.830. The van der Waals surface area contributed by atoms with E-state index in [1.54, 1.807) is 25.9 Å². The first-order valence-corrected chi connectivity index (χ1v) is 6.48. The molecule has 0 spiro atoms. The van der Waals surface area contributed by atoms with Crippen molar-refractivity contribution in [1.82, 2.24) is 10.2 Å². The highest BCUT2D eigenvalue weighted by Crippen LogP contribution is 2.23. The van der Waals surface area contributed by atoms with Crippen molar-refractivity contribution < 1.29 is 14.3 Å². The number of rotatable bonds is 5. The molecule has 0 radical (unpaired) electrons. The Morgan fingerprint density at radius 3 is 2.56 bits per heavy atom. The first kappa shape index (κ1) is 15.0. The van der Waals surface area contributed by atoms with Crippen LogP contribution >= 0.6 is 0 Å². The molecule has 5 heteroatoms. The van der Waals surface area contributed by atoms with Crippen LogP contribution in [0.25, 0.3) is 0 Å². The Morgan fingerprint density at radius 2 is 2.06 bits per heavy atom. The summed E-state index contributed by atoms with van der Waals surface area (Å²) in [5.41, 5.74) is -0.830.